The summed E-state index contributed by atoms with van der Waals surface area (Å²) in [5, 5.41) is 17.5. The Morgan fingerprint density at radius 3 is 2.71 bits per heavy atom. The number of alkyl halides is 3. The van der Waals surface area contributed by atoms with Gasteiger partial charge in [-0.05, 0) is 59.7 Å². The quantitative estimate of drug-likeness (QED) is 0.427. The first-order valence-corrected chi connectivity index (χ1v) is 13.8. The summed E-state index contributed by atoms with van der Waals surface area (Å²) in [5.41, 5.74) is 0.909. The molecule has 3 heterocycles. The van der Waals surface area contributed by atoms with E-state index in [0.29, 0.717) is 36.9 Å². The van der Waals surface area contributed by atoms with E-state index in [2.05, 4.69) is 23.2 Å². The Morgan fingerprint density at radius 1 is 1.22 bits per heavy atom. The van der Waals surface area contributed by atoms with Crippen LogP contribution in [0.5, 0.6) is 0 Å². The molecular weight excluding hydrogens is 533 g/mol. The van der Waals surface area contributed by atoms with Gasteiger partial charge in [-0.15, -0.1) is 10.2 Å². The van der Waals surface area contributed by atoms with Crippen LogP contribution in [0, 0.1) is 17.2 Å². The minimum Gasteiger partial charge on any atom is -0.374 e. The van der Waals surface area contributed by atoms with Gasteiger partial charge in [-0.2, -0.15) is 18.4 Å². The molecule has 0 unspecified atom stereocenters. The lowest BCUT2D eigenvalue weighted by atomic mass is 9.58. The number of rotatable bonds is 6. The molecule has 0 N–H and O–H groups in total. The first kappa shape index (κ1) is 27.4. The highest BCUT2D eigenvalue weighted by atomic mass is 19.4. The van der Waals surface area contributed by atoms with Crippen molar-refractivity contribution in [2.45, 2.75) is 57.0 Å². The van der Waals surface area contributed by atoms with Crippen molar-refractivity contribution >= 4 is 11.6 Å². The van der Waals surface area contributed by atoms with Crippen LogP contribution in [0.3, 0.4) is 0 Å². The van der Waals surface area contributed by atoms with E-state index >= 15 is 0 Å². The Labute approximate surface area is 236 Å². The number of aromatic nitrogens is 3. The van der Waals surface area contributed by atoms with Gasteiger partial charge in [0, 0.05) is 37.9 Å². The highest BCUT2D eigenvalue weighted by molar-refractivity contribution is 6.10. The Kier molecular flexibility index (Phi) is 6.86. The zero-order valence-electron chi connectivity index (χ0n) is 23.0. The molecule has 6 rings (SSSR count). The van der Waals surface area contributed by atoms with Crippen LogP contribution in [0.1, 0.15) is 64.6 Å². The van der Waals surface area contributed by atoms with E-state index in [1.807, 2.05) is 34.7 Å². The number of benzene rings is 2. The van der Waals surface area contributed by atoms with E-state index in [1.165, 1.54) is 11.0 Å². The Hall–Kier alpha value is -3.75. The van der Waals surface area contributed by atoms with E-state index in [-0.39, 0.29) is 42.2 Å². The molecule has 1 aromatic heterocycles. The maximum atomic E-state index is 14.3. The van der Waals surface area contributed by atoms with Crippen molar-refractivity contribution in [3.05, 3.63) is 76.4 Å². The summed E-state index contributed by atoms with van der Waals surface area (Å²) in [6.45, 7) is 3.66. The molecule has 2 aromatic carbocycles. The first-order valence-electron chi connectivity index (χ1n) is 13.8. The van der Waals surface area contributed by atoms with E-state index in [4.69, 9.17) is 10.00 Å². The zero-order chi connectivity index (χ0) is 28.9. The van der Waals surface area contributed by atoms with Crippen molar-refractivity contribution < 1.29 is 22.7 Å². The third kappa shape index (κ3) is 4.89. The zero-order valence-corrected chi connectivity index (χ0v) is 23.0. The summed E-state index contributed by atoms with van der Waals surface area (Å²) >= 11 is 0. The summed E-state index contributed by atoms with van der Waals surface area (Å²) < 4.78 is 50.4. The van der Waals surface area contributed by atoms with Gasteiger partial charge in [-0.3, -0.25) is 9.69 Å². The maximum Gasteiger partial charge on any atom is 0.416 e. The minimum absolute atomic E-state index is 0.00117. The van der Waals surface area contributed by atoms with Gasteiger partial charge in [0.2, 0.25) is 0 Å². The monoisotopic (exact) mass is 564 g/mol. The summed E-state index contributed by atoms with van der Waals surface area (Å²) in [7, 11) is 1.90. The molecule has 3 aliphatic rings. The number of carbonyl (C=O) groups is 1. The molecule has 2 fully saturated rings. The Balaban J connectivity index is 1.32. The van der Waals surface area contributed by atoms with Crippen molar-refractivity contribution in [2.75, 3.05) is 24.6 Å². The Bertz CT molecular complexity index is 1520. The lowest BCUT2D eigenvalue weighted by Crippen LogP contribution is -2.43. The fourth-order valence-electron chi connectivity index (χ4n) is 6.79. The van der Waals surface area contributed by atoms with Gasteiger partial charge in [-0.1, -0.05) is 19.1 Å². The fraction of sp³-hybridized carbons (Fsp3) is 0.467. The maximum absolute atomic E-state index is 14.3. The minimum atomic E-state index is -4.61. The van der Waals surface area contributed by atoms with Gasteiger partial charge in [0.25, 0.3) is 5.91 Å². The fourth-order valence-corrected chi connectivity index (χ4v) is 6.79. The van der Waals surface area contributed by atoms with Crippen molar-refractivity contribution in [2.24, 2.45) is 13.0 Å². The lowest BCUT2D eigenvalue weighted by molar-refractivity contribution is -0.138. The number of aryl methyl sites for hydroxylation is 1. The third-order valence-electron chi connectivity index (χ3n) is 8.60. The number of nitriles is 1. The average molecular weight is 565 g/mol. The number of anilines is 1. The smallest absolute Gasteiger partial charge is 0.374 e. The van der Waals surface area contributed by atoms with E-state index < -0.39 is 17.6 Å². The van der Waals surface area contributed by atoms with Crippen LogP contribution >= 0.6 is 0 Å². The lowest BCUT2D eigenvalue weighted by Gasteiger charge is -2.46. The number of fused-ring (bicyclic) bond motifs is 1. The highest BCUT2D eigenvalue weighted by Gasteiger charge is 2.48. The molecule has 1 saturated heterocycles. The summed E-state index contributed by atoms with van der Waals surface area (Å²) in [4.78, 5) is 17.1. The van der Waals surface area contributed by atoms with Gasteiger partial charge in [0.05, 0.1) is 42.7 Å². The number of carbonyl (C=O) groups excluding carboxylic acids is 1. The van der Waals surface area contributed by atoms with Gasteiger partial charge in [0.1, 0.15) is 12.2 Å². The summed E-state index contributed by atoms with van der Waals surface area (Å²) in [6.07, 6.45) is -1.26. The number of hydrogen-bond acceptors (Lipinski definition) is 6. The molecule has 1 atom stereocenters. The predicted molar refractivity (Wildman–Crippen MR) is 144 cm³/mol. The largest absolute Gasteiger partial charge is 0.416 e. The standard InChI is InChI=1S/C30H31F3N6O2/c1-19-13-29(14-19,28-36-35-18-37(28)2)21-4-3-5-22(12-21)39-17-25-24(27(39)40)10-20(11-26(25)30(31,32)33)15-38-8-9-41-23(16-38)6-7-34/h3-5,10-12,18-19,23H,6,8-9,13-17H2,1-2H3/t19-,23-,29+/m1/s1. The van der Waals surface area contributed by atoms with Crippen molar-refractivity contribution in [1.29, 1.82) is 5.26 Å². The number of halogens is 3. The van der Waals surface area contributed by atoms with Crippen LogP contribution in [-0.2, 0) is 36.5 Å². The number of ether oxygens (including phenoxy) is 1. The Morgan fingerprint density at radius 2 is 2.02 bits per heavy atom. The molecule has 41 heavy (non-hydrogen) atoms. The van der Waals surface area contributed by atoms with E-state index in [9.17, 15) is 18.0 Å². The number of amides is 1. The van der Waals surface area contributed by atoms with Crippen molar-refractivity contribution in [3.8, 4) is 6.07 Å². The number of hydrogen-bond donors (Lipinski definition) is 0. The molecule has 214 valence electrons. The van der Waals surface area contributed by atoms with Crippen molar-refractivity contribution in [1.82, 2.24) is 19.7 Å². The second kappa shape index (κ2) is 10.3. The van der Waals surface area contributed by atoms with Crippen LogP contribution in [0.15, 0.2) is 42.7 Å². The molecule has 0 spiro atoms. The second-order valence-electron chi connectivity index (χ2n) is 11.6. The van der Waals surface area contributed by atoms with Gasteiger partial charge in [0.15, 0.2) is 0 Å². The second-order valence-corrected chi connectivity index (χ2v) is 11.6. The molecule has 2 aliphatic heterocycles. The molecule has 3 aromatic rings. The molecular formula is C30H31F3N6O2. The van der Waals surface area contributed by atoms with E-state index in [1.54, 1.807) is 18.5 Å². The third-order valence-corrected chi connectivity index (χ3v) is 8.60. The van der Waals surface area contributed by atoms with Crippen LogP contribution in [0.25, 0.3) is 0 Å². The van der Waals surface area contributed by atoms with Gasteiger partial charge < -0.3 is 14.2 Å². The highest BCUT2D eigenvalue weighted by Crippen LogP contribution is 2.52. The van der Waals surface area contributed by atoms with Crippen LogP contribution in [0.4, 0.5) is 18.9 Å². The van der Waals surface area contributed by atoms with Gasteiger partial charge >= 0.3 is 6.18 Å². The first-order chi connectivity index (χ1) is 19.6. The molecule has 0 bridgehead atoms. The summed E-state index contributed by atoms with van der Waals surface area (Å²) in [6, 6.07) is 12.4. The molecule has 1 aliphatic carbocycles. The predicted octanol–water partition coefficient (Wildman–Crippen LogP) is 4.82. The number of nitrogens with zero attached hydrogens (tertiary/aromatic N) is 6. The van der Waals surface area contributed by atoms with Gasteiger partial charge in [-0.25, -0.2) is 0 Å². The van der Waals surface area contributed by atoms with Crippen LogP contribution < -0.4 is 4.90 Å². The molecule has 1 saturated carbocycles. The molecule has 1 amide bonds. The molecule has 8 nitrogen and oxygen atoms in total. The van der Waals surface area contributed by atoms with Crippen LogP contribution in [0.2, 0.25) is 0 Å². The normalized spacial score (nSPS) is 24.7. The SMILES string of the molecule is Cn1cnnc1[C@]1(c2cccc(N3Cc4c(cc(CN5CCO[C@H](CC#N)C5)cc4C(F)(F)F)C3=O)c2)C[C@H](C)C1. The van der Waals surface area contributed by atoms with Crippen LogP contribution in [-0.4, -0.2) is 51.4 Å². The number of morpholine rings is 1. The van der Waals surface area contributed by atoms with E-state index in [0.717, 1.165) is 24.2 Å². The molecule has 0 radical (unpaired) electrons. The summed E-state index contributed by atoms with van der Waals surface area (Å²) in [5.74, 6) is 0.888. The van der Waals surface area contributed by atoms with Crippen molar-refractivity contribution in [3.63, 3.8) is 0 Å². The average Bonchev–Trinajstić information content (AvgIpc) is 3.49. The molecule has 11 heteroatoms. The topological polar surface area (TPSA) is 87.3 Å².